The molecule has 0 aliphatic rings. The summed E-state index contributed by atoms with van der Waals surface area (Å²) in [6.45, 7) is 2.33. The first-order valence-corrected chi connectivity index (χ1v) is 6.03. The Bertz CT molecular complexity index is 106. The van der Waals surface area contributed by atoms with Crippen LogP contribution in [0.2, 0.25) is 6.04 Å². The van der Waals surface area contributed by atoms with Crippen molar-refractivity contribution in [2.75, 3.05) is 27.4 Å². The third kappa shape index (κ3) is 3.64. The Balaban J connectivity index is 3.95. The number of rotatable bonds is 7. The van der Waals surface area contributed by atoms with E-state index >= 15 is 0 Å². The minimum atomic E-state index is -2.42. The Hall–Kier alpha value is 0.0569. The maximum absolute atomic E-state index is 8.57. The van der Waals surface area contributed by atoms with Crippen LogP contribution < -0.4 is 0 Å². The summed E-state index contributed by atoms with van der Waals surface area (Å²) in [6.07, 6.45) is 0.958. The van der Waals surface area contributed by atoms with Gasteiger partial charge in [-0.2, -0.15) is 0 Å². The average Bonchev–Trinajstić information content (AvgIpc) is 2.13. The van der Waals surface area contributed by atoms with E-state index < -0.39 is 8.80 Å². The van der Waals surface area contributed by atoms with Gasteiger partial charge in [0.1, 0.15) is 0 Å². The van der Waals surface area contributed by atoms with Crippen molar-refractivity contribution in [3.05, 3.63) is 0 Å². The van der Waals surface area contributed by atoms with Crippen molar-refractivity contribution in [2.24, 2.45) is 0 Å². The zero-order valence-corrected chi connectivity index (χ0v) is 9.00. The normalized spacial score (nSPS) is 12.0. The molecule has 0 unspecified atom stereocenters. The van der Waals surface area contributed by atoms with E-state index in [1.165, 1.54) is 0 Å². The second-order valence-corrected chi connectivity index (χ2v) is 5.38. The molecule has 0 saturated heterocycles. The monoisotopic (exact) mass is 194 g/mol. The van der Waals surface area contributed by atoms with E-state index in [1.807, 2.05) is 6.92 Å². The van der Waals surface area contributed by atoms with Crippen molar-refractivity contribution in [3.63, 3.8) is 0 Å². The molecule has 1 N–H and O–H groups in total. The highest BCUT2D eigenvalue weighted by molar-refractivity contribution is 6.60. The molecule has 0 radical (unpaired) electrons. The van der Waals surface area contributed by atoms with Gasteiger partial charge in [-0.3, -0.25) is 0 Å². The van der Waals surface area contributed by atoms with Crippen molar-refractivity contribution >= 4 is 8.80 Å². The Kier molecular flexibility index (Phi) is 6.59. The largest absolute Gasteiger partial charge is 0.500 e. The van der Waals surface area contributed by atoms with Crippen LogP contribution in [0.25, 0.3) is 0 Å². The first-order valence-electron chi connectivity index (χ1n) is 4.09. The topological polar surface area (TPSA) is 47.9 Å². The summed E-state index contributed by atoms with van der Waals surface area (Å²) in [5, 5.41) is 8.57. The molecular formula is C7H18O4Si. The fourth-order valence-corrected chi connectivity index (χ4v) is 2.95. The molecule has 12 heavy (non-hydrogen) atoms. The molecule has 0 heterocycles. The molecule has 0 aromatic heterocycles. The Morgan fingerprint density at radius 1 is 1.25 bits per heavy atom. The van der Waals surface area contributed by atoms with Gasteiger partial charge < -0.3 is 18.4 Å². The van der Waals surface area contributed by atoms with Crippen LogP contribution in [0.4, 0.5) is 0 Å². The van der Waals surface area contributed by atoms with Crippen LogP contribution in [-0.2, 0) is 13.3 Å². The Labute approximate surface area is 74.8 Å². The number of hydrogen-bond acceptors (Lipinski definition) is 4. The van der Waals surface area contributed by atoms with Gasteiger partial charge in [0.05, 0.1) is 13.2 Å². The molecule has 0 aromatic carbocycles. The Morgan fingerprint density at radius 3 is 2.17 bits per heavy atom. The van der Waals surface area contributed by atoms with E-state index in [1.54, 1.807) is 14.2 Å². The first-order chi connectivity index (χ1) is 5.74. The molecule has 0 fully saturated rings. The maximum atomic E-state index is 8.57. The van der Waals surface area contributed by atoms with Gasteiger partial charge in [-0.05, 0) is 0 Å². The maximum Gasteiger partial charge on any atom is 0.500 e. The van der Waals surface area contributed by atoms with Gasteiger partial charge in [-0.15, -0.1) is 0 Å². The molecule has 0 aromatic rings. The molecule has 0 amide bonds. The highest BCUT2D eigenvalue weighted by Crippen LogP contribution is 2.15. The quantitative estimate of drug-likeness (QED) is 0.604. The molecule has 0 aliphatic heterocycles. The van der Waals surface area contributed by atoms with Gasteiger partial charge >= 0.3 is 8.80 Å². The van der Waals surface area contributed by atoms with Crippen molar-refractivity contribution in [2.45, 2.75) is 19.4 Å². The van der Waals surface area contributed by atoms with Gasteiger partial charge in [0.25, 0.3) is 0 Å². The van der Waals surface area contributed by atoms with Crippen molar-refractivity contribution in [1.29, 1.82) is 0 Å². The molecule has 4 nitrogen and oxygen atoms in total. The number of hydrogen-bond donors (Lipinski definition) is 1. The van der Waals surface area contributed by atoms with E-state index in [0.29, 0.717) is 0 Å². The molecule has 74 valence electrons. The van der Waals surface area contributed by atoms with E-state index in [4.69, 9.17) is 18.4 Å². The lowest BCUT2D eigenvalue weighted by Crippen LogP contribution is -2.44. The van der Waals surface area contributed by atoms with Gasteiger partial charge in [-0.25, -0.2) is 0 Å². The molecule has 5 heteroatoms. The summed E-state index contributed by atoms with van der Waals surface area (Å²) in [6, 6.07) is 0.792. The number of aliphatic hydroxyl groups excluding tert-OH is 1. The van der Waals surface area contributed by atoms with Crippen LogP contribution in [0.5, 0.6) is 0 Å². The second-order valence-electron chi connectivity index (χ2n) is 2.41. The first kappa shape index (κ1) is 12.1. The fraction of sp³-hybridized carbons (Fsp3) is 1.00. The van der Waals surface area contributed by atoms with Crippen LogP contribution in [0.1, 0.15) is 13.3 Å². The summed E-state index contributed by atoms with van der Waals surface area (Å²) < 4.78 is 15.8. The third-order valence-electron chi connectivity index (χ3n) is 1.59. The molecule has 0 saturated carbocycles. The number of aliphatic hydroxyl groups is 1. The van der Waals surface area contributed by atoms with Crippen LogP contribution in [-0.4, -0.2) is 41.3 Å². The van der Waals surface area contributed by atoms with Crippen LogP contribution in [0, 0.1) is 0 Å². The highest BCUT2D eigenvalue weighted by Gasteiger charge is 2.37. The van der Waals surface area contributed by atoms with Crippen molar-refractivity contribution < 1.29 is 18.4 Å². The van der Waals surface area contributed by atoms with E-state index in [-0.39, 0.29) is 13.2 Å². The van der Waals surface area contributed by atoms with E-state index in [2.05, 4.69) is 0 Å². The third-order valence-corrected chi connectivity index (χ3v) is 4.59. The minimum Gasteiger partial charge on any atom is -0.394 e. The second kappa shape index (κ2) is 6.56. The average molecular weight is 194 g/mol. The van der Waals surface area contributed by atoms with Crippen LogP contribution in [0.15, 0.2) is 0 Å². The van der Waals surface area contributed by atoms with Crippen LogP contribution in [0.3, 0.4) is 0 Å². The lowest BCUT2D eigenvalue weighted by Gasteiger charge is -2.25. The SMILES string of the molecule is CCC[Si](OC)(OC)OCCO. The van der Waals surface area contributed by atoms with E-state index in [9.17, 15) is 0 Å². The molecular weight excluding hydrogens is 176 g/mol. The van der Waals surface area contributed by atoms with Gasteiger partial charge in [0, 0.05) is 20.3 Å². The summed E-state index contributed by atoms with van der Waals surface area (Å²) in [5.74, 6) is 0. The minimum absolute atomic E-state index is 0.00514. The van der Waals surface area contributed by atoms with Crippen molar-refractivity contribution in [3.8, 4) is 0 Å². The molecule has 0 rings (SSSR count). The standard InChI is InChI=1S/C7H18O4Si/c1-4-7-12(9-2,10-3)11-6-5-8/h8H,4-7H2,1-3H3. The lowest BCUT2D eigenvalue weighted by molar-refractivity contribution is 0.0785. The summed E-state index contributed by atoms with van der Waals surface area (Å²) in [7, 11) is 0.748. The van der Waals surface area contributed by atoms with Gasteiger partial charge in [0.15, 0.2) is 0 Å². The van der Waals surface area contributed by atoms with E-state index in [0.717, 1.165) is 12.5 Å². The molecule has 0 bridgehead atoms. The lowest BCUT2D eigenvalue weighted by atomic mass is 10.6. The zero-order chi connectivity index (χ0) is 9.45. The summed E-state index contributed by atoms with van der Waals surface area (Å²) >= 11 is 0. The molecule has 0 aliphatic carbocycles. The predicted molar refractivity (Wildman–Crippen MR) is 47.9 cm³/mol. The fourth-order valence-electron chi connectivity index (χ4n) is 0.985. The highest BCUT2D eigenvalue weighted by atomic mass is 28.4. The Morgan fingerprint density at radius 2 is 1.83 bits per heavy atom. The molecule has 0 atom stereocenters. The zero-order valence-electron chi connectivity index (χ0n) is 8.00. The molecule has 0 spiro atoms. The summed E-state index contributed by atoms with van der Waals surface area (Å²) in [4.78, 5) is 0. The van der Waals surface area contributed by atoms with Crippen molar-refractivity contribution in [1.82, 2.24) is 0 Å². The predicted octanol–water partition coefficient (Wildman–Crippen LogP) is 0.637. The summed E-state index contributed by atoms with van der Waals surface area (Å²) in [5.41, 5.74) is 0. The van der Waals surface area contributed by atoms with Gasteiger partial charge in [0.2, 0.25) is 0 Å². The van der Waals surface area contributed by atoms with Gasteiger partial charge in [-0.1, -0.05) is 13.3 Å². The smallest absolute Gasteiger partial charge is 0.394 e. The van der Waals surface area contributed by atoms with Crippen LogP contribution >= 0.6 is 0 Å².